The molecule has 0 unspecified atom stereocenters. The maximum absolute atomic E-state index is 10.4. The second-order valence-corrected chi connectivity index (χ2v) is 3.00. The van der Waals surface area contributed by atoms with Crippen LogP contribution in [0.1, 0.15) is 6.92 Å². The van der Waals surface area contributed by atoms with Crippen molar-refractivity contribution in [2.75, 3.05) is 12.5 Å². The Balaban J connectivity index is 0. The van der Waals surface area contributed by atoms with E-state index in [-0.39, 0.29) is 36.2 Å². The van der Waals surface area contributed by atoms with Gasteiger partial charge < -0.3 is 14.6 Å². The molecule has 0 fully saturated rings. The molecule has 8 heteroatoms. The van der Waals surface area contributed by atoms with Gasteiger partial charge in [-0.1, -0.05) is 0 Å². The first-order valence-corrected chi connectivity index (χ1v) is 4.37. The van der Waals surface area contributed by atoms with Crippen molar-refractivity contribution >= 4 is 16.2 Å². The standard InChI is InChI=1S/C4H9NO5S.Na/c1-2-10-4(6)5-3-11(7,8)9;/h2-3H2,1H3,(H,5,6)(H,7,8,9);/q;+1/p-1. The van der Waals surface area contributed by atoms with E-state index < -0.39 is 22.1 Å². The molecule has 1 amide bonds. The molecule has 0 saturated heterocycles. The minimum absolute atomic E-state index is 0. The van der Waals surface area contributed by atoms with Gasteiger partial charge in [0.15, 0.2) is 0 Å². The summed E-state index contributed by atoms with van der Waals surface area (Å²) in [5.41, 5.74) is 0. The van der Waals surface area contributed by atoms with Crippen molar-refractivity contribution in [1.29, 1.82) is 0 Å². The fraction of sp³-hybridized carbons (Fsp3) is 0.750. The average Bonchev–Trinajstić information content (AvgIpc) is 1.83. The molecular formula is C4H8NNaO5S. The number of amides is 1. The number of nitrogens with one attached hydrogen (secondary N) is 1. The van der Waals surface area contributed by atoms with Gasteiger partial charge in [0.05, 0.1) is 6.61 Å². The molecule has 0 bridgehead atoms. The minimum atomic E-state index is -4.40. The Morgan fingerprint density at radius 2 is 2.08 bits per heavy atom. The van der Waals surface area contributed by atoms with Crippen LogP contribution >= 0.6 is 0 Å². The third kappa shape index (κ3) is 10.2. The number of hydrogen-bond donors (Lipinski definition) is 1. The van der Waals surface area contributed by atoms with Crippen LogP contribution in [0.15, 0.2) is 0 Å². The van der Waals surface area contributed by atoms with Crippen molar-refractivity contribution in [3.05, 3.63) is 0 Å². The van der Waals surface area contributed by atoms with Crippen molar-refractivity contribution in [2.24, 2.45) is 0 Å². The Kier molecular flexibility index (Phi) is 8.17. The number of alkyl carbamates (subject to hydrolysis) is 1. The van der Waals surface area contributed by atoms with Gasteiger partial charge in [0.25, 0.3) is 0 Å². The normalized spacial score (nSPS) is 9.83. The van der Waals surface area contributed by atoms with Gasteiger partial charge in [-0.15, -0.1) is 0 Å². The second kappa shape index (κ2) is 6.67. The molecule has 0 heterocycles. The van der Waals surface area contributed by atoms with Crippen LogP contribution in [0.3, 0.4) is 0 Å². The molecule has 0 aliphatic heterocycles. The second-order valence-electron chi connectivity index (χ2n) is 1.60. The van der Waals surface area contributed by atoms with Crippen LogP contribution in [0, 0.1) is 0 Å². The van der Waals surface area contributed by atoms with Gasteiger partial charge in [0.2, 0.25) is 0 Å². The Bertz CT molecular complexity index is 226. The van der Waals surface area contributed by atoms with Crippen LogP contribution in [0.4, 0.5) is 4.79 Å². The number of rotatable bonds is 3. The van der Waals surface area contributed by atoms with E-state index >= 15 is 0 Å². The summed E-state index contributed by atoms with van der Waals surface area (Å²) in [5, 5.41) is 1.76. The van der Waals surface area contributed by atoms with Crippen molar-refractivity contribution in [2.45, 2.75) is 6.92 Å². The van der Waals surface area contributed by atoms with Crippen molar-refractivity contribution in [3.8, 4) is 0 Å². The molecule has 0 radical (unpaired) electrons. The van der Waals surface area contributed by atoms with Gasteiger partial charge in [-0.2, -0.15) is 0 Å². The molecule has 0 atom stereocenters. The number of carbonyl (C=O) groups is 1. The molecule has 12 heavy (non-hydrogen) atoms. The molecule has 1 N–H and O–H groups in total. The van der Waals surface area contributed by atoms with Gasteiger partial charge in [0.1, 0.15) is 16.0 Å². The summed E-state index contributed by atoms with van der Waals surface area (Å²) < 4.78 is 34.0. The molecule has 0 aromatic rings. The van der Waals surface area contributed by atoms with E-state index in [4.69, 9.17) is 0 Å². The van der Waals surface area contributed by atoms with E-state index in [0.29, 0.717) is 0 Å². The Hall–Kier alpha value is 0.180. The third-order valence-electron chi connectivity index (χ3n) is 0.669. The first-order chi connectivity index (χ1) is 4.95. The largest absolute Gasteiger partial charge is 1.00 e. The van der Waals surface area contributed by atoms with E-state index in [1.165, 1.54) is 0 Å². The van der Waals surface area contributed by atoms with Crippen LogP contribution in [0.2, 0.25) is 0 Å². The molecule has 66 valence electrons. The summed E-state index contributed by atoms with van der Waals surface area (Å²) in [7, 11) is -4.40. The molecule has 0 saturated carbocycles. The van der Waals surface area contributed by atoms with Crippen LogP contribution in [-0.2, 0) is 14.9 Å². The Morgan fingerprint density at radius 1 is 1.58 bits per heavy atom. The molecule has 0 aromatic heterocycles. The summed E-state index contributed by atoms with van der Waals surface area (Å²) in [6, 6.07) is 0. The Morgan fingerprint density at radius 3 is 2.42 bits per heavy atom. The van der Waals surface area contributed by atoms with Crippen LogP contribution in [-0.4, -0.2) is 31.5 Å². The van der Waals surface area contributed by atoms with E-state index in [0.717, 1.165) is 0 Å². The zero-order valence-electron chi connectivity index (χ0n) is 6.86. The monoisotopic (exact) mass is 205 g/mol. The SMILES string of the molecule is CCOC(=O)NCS(=O)(=O)[O-].[Na+]. The van der Waals surface area contributed by atoms with Crippen molar-refractivity contribution < 1.29 is 52.1 Å². The average molecular weight is 205 g/mol. The van der Waals surface area contributed by atoms with Crippen LogP contribution in [0.25, 0.3) is 0 Å². The summed E-state index contributed by atoms with van der Waals surface area (Å²) in [5.74, 6) is -0.939. The smallest absolute Gasteiger partial charge is 0.747 e. The molecule has 0 spiro atoms. The van der Waals surface area contributed by atoms with Gasteiger partial charge in [-0.05, 0) is 6.92 Å². The fourth-order valence-electron chi connectivity index (χ4n) is 0.329. The van der Waals surface area contributed by atoms with Crippen LogP contribution in [0.5, 0.6) is 0 Å². The predicted molar refractivity (Wildman–Crippen MR) is 34.7 cm³/mol. The van der Waals surface area contributed by atoms with Gasteiger partial charge in [0, 0.05) is 0 Å². The predicted octanol–water partition coefficient (Wildman–Crippen LogP) is -3.76. The first kappa shape index (κ1) is 14.7. The summed E-state index contributed by atoms with van der Waals surface area (Å²) in [6.45, 7) is 1.69. The number of hydrogen-bond acceptors (Lipinski definition) is 5. The summed E-state index contributed by atoms with van der Waals surface area (Å²) >= 11 is 0. The molecule has 0 aliphatic carbocycles. The number of ether oxygens (including phenoxy) is 1. The summed E-state index contributed by atoms with van der Waals surface area (Å²) in [4.78, 5) is 10.4. The van der Waals surface area contributed by atoms with Crippen molar-refractivity contribution in [3.63, 3.8) is 0 Å². The fourth-order valence-corrected chi connectivity index (χ4v) is 0.624. The van der Waals surface area contributed by atoms with E-state index in [1.54, 1.807) is 12.2 Å². The minimum Gasteiger partial charge on any atom is -0.747 e. The van der Waals surface area contributed by atoms with Crippen molar-refractivity contribution in [1.82, 2.24) is 5.32 Å². The molecule has 6 nitrogen and oxygen atoms in total. The topological polar surface area (TPSA) is 95.5 Å². The van der Waals surface area contributed by atoms with E-state index in [2.05, 4.69) is 4.74 Å². The zero-order chi connectivity index (χ0) is 8.91. The first-order valence-electron chi connectivity index (χ1n) is 2.80. The van der Waals surface area contributed by atoms with E-state index in [1.807, 2.05) is 0 Å². The van der Waals surface area contributed by atoms with E-state index in [9.17, 15) is 17.8 Å². The molecule has 0 aromatic carbocycles. The Labute approximate surface area is 92.7 Å². The maximum atomic E-state index is 10.4. The number of carbonyl (C=O) groups excluding carboxylic acids is 1. The third-order valence-corrected chi connectivity index (χ3v) is 1.17. The molecular weight excluding hydrogens is 197 g/mol. The van der Waals surface area contributed by atoms with Gasteiger partial charge >= 0.3 is 35.7 Å². The molecule has 0 aliphatic rings. The quantitative estimate of drug-likeness (QED) is 0.377. The van der Waals surface area contributed by atoms with Crippen LogP contribution < -0.4 is 34.9 Å². The maximum Gasteiger partial charge on any atom is 1.00 e. The summed E-state index contributed by atoms with van der Waals surface area (Å²) in [6.07, 6.45) is -0.910. The zero-order valence-corrected chi connectivity index (χ0v) is 9.68. The van der Waals surface area contributed by atoms with Gasteiger partial charge in [-0.3, -0.25) is 0 Å². The van der Waals surface area contributed by atoms with Gasteiger partial charge in [-0.25, -0.2) is 13.2 Å². The molecule has 0 rings (SSSR count).